The van der Waals surface area contributed by atoms with Gasteiger partial charge in [-0.15, -0.1) is 0 Å². The first-order valence-electron chi connectivity index (χ1n) is 23.1. The molecule has 0 bridgehead atoms. The van der Waals surface area contributed by atoms with Crippen molar-refractivity contribution in [2.75, 3.05) is 13.2 Å². The predicted octanol–water partition coefficient (Wildman–Crippen LogP) is 15.9. The topological polar surface area (TPSA) is 9.23 Å². The SMILES string of the molecule is CCCCCCC1CCC(CCCC2CC=C(CCCOCCCC3=CCC(CCCC4CCC(CCCCCC)CC4)CC3)CC2)CC1. The summed E-state index contributed by atoms with van der Waals surface area (Å²) in [6.45, 7) is 6.58. The summed E-state index contributed by atoms with van der Waals surface area (Å²) in [5, 5.41) is 0. The summed E-state index contributed by atoms with van der Waals surface area (Å²) in [7, 11) is 0. The average molecular weight is 679 g/mol. The van der Waals surface area contributed by atoms with Crippen LogP contribution in [0.1, 0.15) is 232 Å². The molecule has 0 aromatic rings. The lowest BCUT2D eigenvalue weighted by atomic mass is 9.77. The highest BCUT2D eigenvalue weighted by Gasteiger charge is 2.23. The molecule has 0 aliphatic heterocycles. The summed E-state index contributed by atoms with van der Waals surface area (Å²) in [6.07, 6.45) is 54.5. The van der Waals surface area contributed by atoms with Crippen molar-refractivity contribution >= 4 is 0 Å². The van der Waals surface area contributed by atoms with Crippen LogP contribution in [0.15, 0.2) is 23.3 Å². The summed E-state index contributed by atoms with van der Waals surface area (Å²) in [4.78, 5) is 0. The average Bonchev–Trinajstić information content (AvgIpc) is 3.14. The van der Waals surface area contributed by atoms with E-state index in [1.165, 1.54) is 218 Å². The molecule has 0 spiro atoms. The van der Waals surface area contributed by atoms with Crippen LogP contribution in [-0.2, 0) is 4.74 Å². The zero-order valence-electron chi connectivity index (χ0n) is 33.5. The van der Waals surface area contributed by atoms with E-state index in [4.69, 9.17) is 4.74 Å². The lowest BCUT2D eigenvalue weighted by molar-refractivity contribution is 0.129. The largest absolute Gasteiger partial charge is 0.381 e. The van der Waals surface area contributed by atoms with Gasteiger partial charge in [-0.25, -0.2) is 0 Å². The molecule has 0 heterocycles. The minimum Gasteiger partial charge on any atom is -0.381 e. The normalized spacial score (nSPS) is 28.0. The molecule has 1 heteroatoms. The van der Waals surface area contributed by atoms with Gasteiger partial charge in [0.25, 0.3) is 0 Å². The Balaban J connectivity index is 0.909. The van der Waals surface area contributed by atoms with E-state index in [0.29, 0.717) is 0 Å². The third-order valence-corrected chi connectivity index (χ3v) is 14.1. The molecule has 2 saturated carbocycles. The highest BCUT2D eigenvalue weighted by atomic mass is 16.5. The van der Waals surface area contributed by atoms with Crippen molar-refractivity contribution in [1.82, 2.24) is 0 Å². The van der Waals surface area contributed by atoms with Crippen molar-refractivity contribution in [3.8, 4) is 0 Å². The molecular weight excluding hydrogens is 593 g/mol. The van der Waals surface area contributed by atoms with Crippen LogP contribution in [0.4, 0.5) is 0 Å². The molecule has 2 unspecified atom stereocenters. The highest BCUT2D eigenvalue weighted by Crippen LogP contribution is 2.38. The van der Waals surface area contributed by atoms with E-state index in [2.05, 4.69) is 26.0 Å². The van der Waals surface area contributed by atoms with Crippen molar-refractivity contribution in [1.29, 1.82) is 0 Å². The van der Waals surface area contributed by atoms with E-state index in [1.54, 1.807) is 11.1 Å². The minimum absolute atomic E-state index is 0.962. The molecule has 1 nitrogen and oxygen atoms in total. The van der Waals surface area contributed by atoms with Gasteiger partial charge in [-0.3, -0.25) is 0 Å². The first kappa shape index (κ1) is 41.2. The molecule has 2 atom stereocenters. The van der Waals surface area contributed by atoms with Crippen molar-refractivity contribution < 1.29 is 4.74 Å². The van der Waals surface area contributed by atoms with Crippen LogP contribution in [0.2, 0.25) is 0 Å². The number of hydrogen-bond acceptors (Lipinski definition) is 1. The zero-order valence-corrected chi connectivity index (χ0v) is 33.5. The first-order valence-corrected chi connectivity index (χ1v) is 23.1. The summed E-state index contributed by atoms with van der Waals surface area (Å²) < 4.78 is 6.10. The Kier molecular flexibility index (Phi) is 22.1. The second-order valence-corrected chi connectivity index (χ2v) is 18.2. The third kappa shape index (κ3) is 18.2. The fraction of sp³-hybridized carbons (Fsp3) is 0.917. The van der Waals surface area contributed by atoms with E-state index in [9.17, 15) is 0 Å². The Morgan fingerprint density at radius 2 is 0.776 bits per heavy atom. The van der Waals surface area contributed by atoms with Gasteiger partial charge in [0.2, 0.25) is 0 Å². The van der Waals surface area contributed by atoms with Gasteiger partial charge in [-0.2, -0.15) is 0 Å². The molecule has 0 saturated heterocycles. The monoisotopic (exact) mass is 679 g/mol. The van der Waals surface area contributed by atoms with Crippen molar-refractivity contribution in [3.05, 3.63) is 23.3 Å². The molecule has 49 heavy (non-hydrogen) atoms. The number of allylic oxidation sites excluding steroid dienone is 4. The molecule has 4 rings (SSSR count). The maximum absolute atomic E-state index is 6.10. The summed E-state index contributed by atoms with van der Waals surface area (Å²) in [5.41, 5.74) is 3.47. The Morgan fingerprint density at radius 3 is 1.12 bits per heavy atom. The van der Waals surface area contributed by atoms with Gasteiger partial charge in [0, 0.05) is 13.2 Å². The van der Waals surface area contributed by atoms with Crippen LogP contribution < -0.4 is 0 Å². The fourth-order valence-corrected chi connectivity index (χ4v) is 10.5. The fourth-order valence-electron chi connectivity index (χ4n) is 10.5. The lowest BCUT2D eigenvalue weighted by Crippen LogP contribution is -2.15. The van der Waals surface area contributed by atoms with E-state index >= 15 is 0 Å². The number of unbranched alkanes of at least 4 members (excludes halogenated alkanes) is 6. The lowest BCUT2D eigenvalue weighted by Gasteiger charge is -2.29. The quantitative estimate of drug-likeness (QED) is 0.0653. The minimum atomic E-state index is 0.962. The van der Waals surface area contributed by atoms with Gasteiger partial charge < -0.3 is 4.74 Å². The van der Waals surface area contributed by atoms with E-state index in [0.717, 1.165) is 48.7 Å². The van der Waals surface area contributed by atoms with Crippen LogP contribution in [0, 0.1) is 35.5 Å². The van der Waals surface area contributed by atoms with Gasteiger partial charge in [0.1, 0.15) is 0 Å². The summed E-state index contributed by atoms with van der Waals surface area (Å²) >= 11 is 0. The summed E-state index contributed by atoms with van der Waals surface area (Å²) in [5.74, 6) is 6.18. The zero-order chi connectivity index (χ0) is 34.2. The van der Waals surface area contributed by atoms with Crippen LogP contribution in [0.3, 0.4) is 0 Å². The first-order chi connectivity index (χ1) is 24.2. The van der Waals surface area contributed by atoms with Crippen LogP contribution >= 0.6 is 0 Å². The number of rotatable bonds is 26. The van der Waals surface area contributed by atoms with Crippen molar-refractivity contribution in [2.24, 2.45) is 35.5 Å². The highest BCUT2D eigenvalue weighted by molar-refractivity contribution is 5.07. The maximum atomic E-state index is 6.10. The molecule has 4 aliphatic carbocycles. The predicted molar refractivity (Wildman–Crippen MR) is 216 cm³/mol. The smallest absolute Gasteiger partial charge is 0.0469 e. The Morgan fingerprint density at radius 1 is 0.408 bits per heavy atom. The molecule has 2 fully saturated rings. The second-order valence-electron chi connectivity index (χ2n) is 18.2. The molecule has 284 valence electrons. The van der Waals surface area contributed by atoms with E-state index < -0.39 is 0 Å². The molecular formula is C48H86O. The van der Waals surface area contributed by atoms with Gasteiger partial charge in [0.05, 0.1) is 0 Å². The van der Waals surface area contributed by atoms with Crippen molar-refractivity contribution in [2.45, 2.75) is 232 Å². The maximum Gasteiger partial charge on any atom is 0.0469 e. The number of ether oxygens (including phenoxy) is 1. The van der Waals surface area contributed by atoms with Crippen LogP contribution in [0.25, 0.3) is 0 Å². The van der Waals surface area contributed by atoms with E-state index in [1.807, 2.05) is 0 Å². The Labute approximate surface area is 308 Å². The summed E-state index contributed by atoms with van der Waals surface area (Å²) in [6, 6.07) is 0. The standard InChI is InChI=1S/C48H86O/c1-3-5-7-9-15-41-23-27-43(28-24-41)17-11-19-45-31-35-47(36-32-45)21-13-39-49-40-14-22-48-37-33-46(34-38-48)20-12-18-44-29-25-42(26-30-44)16-10-8-6-4-2/h35,37,41-46H,3-34,36,38-40H2,1-2H3. The third-order valence-electron chi connectivity index (χ3n) is 14.1. The van der Waals surface area contributed by atoms with E-state index in [-0.39, 0.29) is 0 Å². The van der Waals surface area contributed by atoms with Gasteiger partial charge in [-0.05, 0) is 99.7 Å². The number of hydrogen-bond donors (Lipinski definition) is 0. The molecule has 0 amide bonds. The van der Waals surface area contributed by atoms with Gasteiger partial charge in [-0.1, -0.05) is 191 Å². The molecule has 0 aromatic carbocycles. The molecule has 4 aliphatic rings. The molecule has 0 aromatic heterocycles. The van der Waals surface area contributed by atoms with Crippen LogP contribution in [-0.4, -0.2) is 13.2 Å². The van der Waals surface area contributed by atoms with Gasteiger partial charge in [0.15, 0.2) is 0 Å². The van der Waals surface area contributed by atoms with Crippen LogP contribution in [0.5, 0.6) is 0 Å². The Hall–Kier alpha value is -0.560. The molecule has 0 N–H and O–H groups in total. The molecule has 0 radical (unpaired) electrons. The second kappa shape index (κ2) is 26.2. The Bertz CT molecular complexity index is 782. The van der Waals surface area contributed by atoms with Crippen molar-refractivity contribution in [3.63, 3.8) is 0 Å². The van der Waals surface area contributed by atoms with Gasteiger partial charge >= 0.3 is 0 Å².